The standard InChI is InChI=1S/C25H25N3O4S/c1-4-32-19-10-8-18(9-11-19)14-28-24(30)23-21(12-13-33-23)27(25(28)31)15-22(29)26-20-7-5-6-16(2)17(20)3/h5-13H,4,14-15H2,1-3H3,(H,26,29). The third kappa shape index (κ3) is 4.61. The van der Waals surface area contributed by atoms with Crippen LogP contribution in [0.2, 0.25) is 0 Å². The fraction of sp³-hybridized carbons (Fsp3) is 0.240. The second-order valence-corrected chi connectivity index (χ2v) is 8.68. The molecule has 2 heterocycles. The SMILES string of the molecule is CCOc1ccc(Cn2c(=O)c3sccc3n(CC(=O)Nc3cccc(C)c3C)c2=O)cc1. The second kappa shape index (κ2) is 9.46. The van der Waals surface area contributed by atoms with E-state index in [1.807, 2.05) is 63.2 Å². The Kier molecular flexibility index (Phi) is 6.46. The highest BCUT2D eigenvalue weighted by Gasteiger charge is 2.17. The maximum absolute atomic E-state index is 13.3. The third-order valence-electron chi connectivity index (χ3n) is 5.59. The number of carbonyl (C=O) groups is 1. The summed E-state index contributed by atoms with van der Waals surface area (Å²) in [5, 5.41) is 4.64. The molecule has 0 saturated carbocycles. The van der Waals surface area contributed by atoms with Gasteiger partial charge in [0.1, 0.15) is 17.0 Å². The lowest BCUT2D eigenvalue weighted by molar-refractivity contribution is -0.116. The smallest absolute Gasteiger partial charge is 0.332 e. The number of hydrogen-bond acceptors (Lipinski definition) is 5. The van der Waals surface area contributed by atoms with Crippen molar-refractivity contribution in [1.82, 2.24) is 9.13 Å². The van der Waals surface area contributed by atoms with Gasteiger partial charge in [0.25, 0.3) is 5.56 Å². The van der Waals surface area contributed by atoms with Gasteiger partial charge in [0.15, 0.2) is 0 Å². The number of amides is 1. The number of nitrogens with one attached hydrogen (secondary N) is 1. The Labute approximate surface area is 194 Å². The number of hydrogen-bond donors (Lipinski definition) is 1. The van der Waals surface area contributed by atoms with Gasteiger partial charge in [-0.1, -0.05) is 24.3 Å². The molecule has 8 heteroatoms. The van der Waals surface area contributed by atoms with E-state index in [9.17, 15) is 14.4 Å². The van der Waals surface area contributed by atoms with Gasteiger partial charge in [0.05, 0.1) is 18.7 Å². The first-order valence-corrected chi connectivity index (χ1v) is 11.6. The predicted molar refractivity (Wildman–Crippen MR) is 132 cm³/mol. The van der Waals surface area contributed by atoms with Crippen LogP contribution in [-0.4, -0.2) is 21.6 Å². The Morgan fingerprint density at radius 1 is 1.03 bits per heavy atom. The van der Waals surface area contributed by atoms with E-state index in [1.54, 1.807) is 11.4 Å². The number of benzene rings is 2. The maximum atomic E-state index is 13.3. The highest BCUT2D eigenvalue weighted by molar-refractivity contribution is 7.17. The number of thiophene rings is 1. The summed E-state index contributed by atoms with van der Waals surface area (Å²) in [5.74, 6) is 0.396. The number of ether oxygens (including phenoxy) is 1. The summed E-state index contributed by atoms with van der Waals surface area (Å²) < 4.78 is 8.44. The molecule has 0 fully saturated rings. The van der Waals surface area contributed by atoms with Gasteiger partial charge in [-0.2, -0.15) is 0 Å². The molecule has 0 aliphatic heterocycles. The molecule has 7 nitrogen and oxygen atoms in total. The van der Waals surface area contributed by atoms with E-state index in [1.165, 1.54) is 20.5 Å². The van der Waals surface area contributed by atoms with E-state index < -0.39 is 5.69 Å². The average Bonchev–Trinajstić information content (AvgIpc) is 3.29. The highest BCUT2D eigenvalue weighted by Crippen LogP contribution is 2.19. The molecule has 0 aliphatic carbocycles. The molecule has 2 aromatic heterocycles. The first-order chi connectivity index (χ1) is 15.9. The minimum Gasteiger partial charge on any atom is -0.494 e. The van der Waals surface area contributed by atoms with Gasteiger partial charge in [-0.05, 0) is 67.1 Å². The van der Waals surface area contributed by atoms with Gasteiger partial charge in [0.2, 0.25) is 5.91 Å². The first-order valence-electron chi connectivity index (χ1n) is 10.7. The van der Waals surface area contributed by atoms with Crippen LogP contribution in [0.3, 0.4) is 0 Å². The van der Waals surface area contributed by atoms with Gasteiger partial charge in [-0.15, -0.1) is 11.3 Å². The van der Waals surface area contributed by atoms with Crippen molar-refractivity contribution in [3.63, 3.8) is 0 Å². The second-order valence-electron chi connectivity index (χ2n) is 7.77. The molecule has 0 saturated heterocycles. The highest BCUT2D eigenvalue weighted by atomic mass is 32.1. The lowest BCUT2D eigenvalue weighted by Gasteiger charge is -2.14. The van der Waals surface area contributed by atoms with Gasteiger partial charge >= 0.3 is 5.69 Å². The molecule has 0 spiro atoms. The van der Waals surface area contributed by atoms with E-state index >= 15 is 0 Å². The monoisotopic (exact) mass is 463 g/mol. The van der Waals surface area contributed by atoms with E-state index in [2.05, 4.69) is 5.32 Å². The van der Waals surface area contributed by atoms with Gasteiger partial charge in [-0.25, -0.2) is 4.79 Å². The molecule has 0 bridgehead atoms. The van der Waals surface area contributed by atoms with Crippen LogP contribution < -0.4 is 21.3 Å². The van der Waals surface area contributed by atoms with Crippen molar-refractivity contribution in [1.29, 1.82) is 0 Å². The lowest BCUT2D eigenvalue weighted by Crippen LogP contribution is -2.41. The summed E-state index contributed by atoms with van der Waals surface area (Å²) in [6.45, 7) is 6.29. The molecule has 1 amide bonds. The zero-order valence-electron chi connectivity index (χ0n) is 18.8. The van der Waals surface area contributed by atoms with Crippen molar-refractivity contribution in [3.05, 3.63) is 91.4 Å². The number of aromatic nitrogens is 2. The third-order valence-corrected chi connectivity index (χ3v) is 6.48. The molecule has 0 radical (unpaired) electrons. The van der Waals surface area contributed by atoms with Crippen LogP contribution in [0.25, 0.3) is 10.2 Å². The van der Waals surface area contributed by atoms with Gasteiger partial charge in [-0.3, -0.25) is 18.7 Å². The van der Waals surface area contributed by atoms with E-state index in [-0.39, 0.29) is 24.6 Å². The van der Waals surface area contributed by atoms with Crippen LogP contribution in [0.15, 0.2) is 63.5 Å². The Hall–Kier alpha value is -3.65. The fourth-order valence-corrected chi connectivity index (χ4v) is 4.53. The molecule has 2 aromatic carbocycles. The van der Waals surface area contributed by atoms with Crippen molar-refractivity contribution in [2.24, 2.45) is 0 Å². The van der Waals surface area contributed by atoms with E-state index in [4.69, 9.17) is 4.74 Å². The molecule has 33 heavy (non-hydrogen) atoms. The number of anilines is 1. The van der Waals surface area contributed by atoms with Crippen molar-refractivity contribution < 1.29 is 9.53 Å². The van der Waals surface area contributed by atoms with Crippen LogP contribution in [0, 0.1) is 13.8 Å². The van der Waals surface area contributed by atoms with Crippen LogP contribution in [0.1, 0.15) is 23.6 Å². The Morgan fingerprint density at radius 3 is 2.52 bits per heavy atom. The van der Waals surface area contributed by atoms with E-state index in [0.29, 0.717) is 22.5 Å². The largest absolute Gasteiger partial charge is 0.494 e. The normalized spacial score (nSPS) is 11.0. The molecule has 4 rings (SSSR count). The summed E-state index contributed by atoms with van der Waals surface area (Å²) in [6.07, 6.45) is 0. The van der Waals surface area contributed by atoms with E-state index in [0.717, 1.165) is 22.4 Å². The first kappa shape index (κ1) is 22.5. The maximum Gasteiger partial charge on any atom is 0.332 e. The molecule has 0 unspecified atom stereocenters. The van der Waals surface area contributed by atoms with Gasteiger partial charge in [0, 0.05) is 5.69 Å². The van der Waals surface area contributed by atoms with Gasteiger partial charge < -0.3 is 10.1 Å². The molecular weight excluding hydrogens is 438 g/mol. The summed E-state index contributed by atoms with van der Waals surface area (Å²) in [5.41, 5.74) is 3.13. The van der Waals surface area contributed by atoms with Crippen LogP contribution in [0.4, 0.5) is 5.69 Å². The Balaban J connectivity index is 1.68. The summed E-state index contributed by atoms with van der Waals surface area (Å²) >= 11 is 1.26. The zero-order valence-corrected chi connectivity index (χ0v) is 19.6. The molecule has 4 aromatic rings. The molecule has 0 aliphatic rings. The van der Waals surface area contributed by atoms with Crippen molar-refractivity contribution in [2.75, 3.05) is 11.9 Å². The minimum absolute atomic E-state index is 0.108. The van der Waals surface area contributed by atoms with Crippen molar-refractivity contribution >= 4 is 33.1 Å². The minimum atomic E-state index is -0.518. The predicted octanol–water partition coefficient (Wildman–Crippen LogP) is 3.93. The van der Waals surface area contributed by atoms with Crippen LogP contribution in [0.5, 0.6) is 5.75 Å². The van der Waals surface area contributed by atoms with Crippen LogP contribution >= 0.6 is 11.3 Å². The molecule has 0 atom stereocenters. The molecule has 170 valence electrons. The lowest BCUT2D eigenvalue weighted by atomic mass is 10.1. The quantitative estimate of drug-likeness (QED) is 0.450. The molecule has 1 N–H and O–H groups in total. The number of nitrogens with zero attached hydrogens (tertiary/aromatic N) is 2. The summed E-state index contributed by atoms with van der Waals surface area (Å²) in [6, 6.07) is 14.7. The van der Waals surface area contributed by atoms with Crippen molar-refractivity contribution in [3.8, 4) is 5.75 Å². The molecular formula is C25H25N3O4S. The topological polar surface area (TPSA) is 82.3 Å². The van der Waals surface area contributed by atoms with Crippen molar-refractivity contribution in [2.45, 2.75) is 33.9 Å². The summed E-state index contributed by atoms with van der Waals surface area (Å²) in [7, 11) is 0. The number of fused-ring (bicyclic) bond motifs is 1. The fourth-order valence-electron chi connectivity index (χ4n) is 3.69. The number of carbonyl (C=O) groups excluding carboxylic acids is 1. The Morgan fingerprint density at radius 2 is 1.79 bits per heavy atom. The summed E-state index contributed by atoms with van der Waals surface area (Å²) in [4.78, 5) is 39.2. The number of aryl methyl sites for hydroxylation is 1. The zero-order chi connectivity index (χ0) is 23.5. The number of rotatable bonds is 7. The van der Waals surface area contributed by atoms with Crippen LogP contribution in [-0.2, 0) is 17.9 Å². The Bertz CT molecular complexity index is 1430. The average molecular weight is 464 g/mol.